The Kier molecular flexibility index (Phi) is 5.30. The normalized spacial score (nSPS) is 15.3. The highest BCUT2D eigenvalue weighted by atomic mass is 32.2. The molecule has 1 aromatic rings. The van der Waals surface area contributed by atoms with E-state index in [1.54, 1.807) is 4.90 Å². The summed E-state index contributed by atoms with van der Waals surface area (Å²) in [5.74, 6) is -1.02. The van der Waals surface area contributed by atoms with Gasteiger partial charge >= 0.3 is 5.97 Å². The van der Waals surface area contributed by atoms with E-state index < -0.39 is 5.97 Å². The summed E-state index contributed by atoms with van der Waals surface area (Å²) in [5, 5.41) is 20.0. The Balaban J connectivity index is 1.82. The second kappa shape index (κ2) is 7.20. The topological polar surface area (TPSA) is 110 Å². The average Bonchev–Trinajstić information content (AvgIpc) is 2.91. The van der Waals surface area contributed by atoms with Crippen LogP contribution in [0.15, 0.2) is 5.16 Å². The maximum atomic E-state index is 12.0. The summed E-state index contributed by atoms with van der Waals surface area (Å²) in [6, 6.07) is 0. The predicted octanol–water partition coefficient (Wildman–Crippen LogP) is -0.901. The van der Waals surface area contributed by atoms with Crippen molar-refractivity contribution in [2.24, 2.45) is 0 Å². The second-order valence-electron chi connectivity index (χ2n) is 4.11. The first-order chi connectivity index (χ1) is 9.66. The molecule has 0 bridgehead atoms. The molecule has 0 atom stereocenters. The molecule has 0 radical (unpaired) electrons. The lowest BCUT2D eigenvalue weighted by Gasteiger charge is -2.26. The summed E-state index contributed by atoms with van der Waals surface area (Å²) in [7, 11) is 0. The van der Waals surface area contributed by atoms with Crippen LogP contribution >= 0.6 is 11.8 Å². The van der Waals surface area contributed by atoms with Crippen LogP contribution in [0, 0.1) is 0 Å². The predicted molar refractivity (Wildman–Crippen MR) is 68.2 cm³/mol. The van der Waals surface area contributed by atoms with Crippen molar-refractivity contribution in [2.45, 2.75) is 18.1 Å². The molecule has 0 spiro atoms. The highest BCUT2D eigenvalue weighted by molar-refractivity contribution is 7.99. The monoisotopic (exact) mass is 301 g/mol. The zero-order chi connectivity index (χ0) is 14.4. The SMILES string of the molecule is O=C(O)CSc1nnnn1CCC(=O)N1CCOCC1. The molecule has 110 valence electrons. The fraction of sp³-hybridized carbons (Fsp3) is 0.700. The molecule has 10 heteroatoms. The fourth-order valence-electron chi connectivity index (χ4n) is 1.74. The van der Waals surface area contributed by atoms with Gasteiger partial charge in [0.25, 0.3) is 0 Å². The maximum absolute atomic E-state index is 12.0. The van der Waals surface area contributed by atoms with Crippen molar-refractivity contribution in [2.75, 3.05) is 32.1 Å². The largest absolute Gasteiger partial charge is 0.481 e. The van der Waals surface area contributed by atoms with Gasteiger partial charge in [0, 0.05) is 19.5 Å². The summed E-state index contributed by atoms with van der Waals surface area (Å²) in [4.78, 5) is 24.2. The van der Waals surface area contributed by atoms with Crippen molar-refractivity contribution in [3.63, 3.8) is 0 Å². The number of nitrogens with zero attached hydrogens (tertiary/aromatic N) is 5. The molecule has 2 heterocycles. The van der Waals surface area contributed by atoms with Gasteiger partial charge in [0.1, 0.15) is 0 Å². The molecule has 2 rings (SSSR count). The number of thioether (sulfide) groups is 1. The van der Waals surface area contributed by atoms with Gasteiger partial charge in [0.2, 0.25) is 11.1 Å². The molecule has 1 fully saturated rings. The zero-order valence-corrected chi connectivity index (χ0v) is 11.6. The van der Waals surface area contributed by atoms with Gasteiger partial charge < -0.3 is 14.7 Å². The average molecular weight is 301 g/mol. The lowest BCUT2D eigenvalue weighted by atomic mass is 10.3. The van der Waals surface area contributed by atoms with Crippen LogP contribution < -0.4 is 0 Å². The van der Waals surface area contributed by atoms with E-state index >= 15 is 0 Å². The number of aromatic nitrogens is 4. The third-order valence-electron chi connectivity index (χ3n) is 2.73. The molecule has 9 nitrogen and oxygen atoms in total. The van der Waals surface area contributed by atoms with E-state index in [-0.39, 0.29) is 18.1 Å². The van der Waals surface area contributed by atoms with Gasteiger partial charge in [-0.3, -0.25) is 9.59 Å². The molecular formula is C10H15N5O4S. The Bertz CT molecular complexity index is 474. The van der Waals surface area contributed by atoms with E-state index in [2.05, 4.69) is 15.5 Å². The van der Waals surface area contributed by atoms with Crippen molar-refractivity contribution >= 4 is 23.6 Å². The number of amides is 1. The van der Waals surface area contributed by atoms with Crippen molar-refractivity contribution in [1.82, 2.24) is 25.1 Å². The van der Waals surface area contributed by atoms with Crippen molar-refractivity contribution in [3.05, 3.63) is 0 Å². The summed E-state index contributed by atoms with van der Waals surface area (Å²) in [5.41, 5.74) is 0. The lowest BCUT2D eigenvalue weighted by molar-refractivity contribution is -0.136. The summed E-state index contributed by atoms with van der Waals surface area (Å²) in [6.45, 7) is 2.68. The number of aryl methyl sites for hydroxylation is 1. The third-order valence-corrected chi connectivity index (χ3v) is 3.67. The molecular weight excluding hydrogens is 286 g/mol. The molecule has 1 aliphatic heterocycles. The van der Waals surface area contributed by atoms with Gasteiger partial charge in [-0.2, -0.15) is 0 Å². The van der Waals surface area contributed by atoms with Crippen LogP contribution in [0.25, 0.3) is 0 Å². The van der Waals surface area contributed by atoms with Crippen LogP contribution in [0.2, 0.25) is 0 Å². The van der Waals surface area contributed by atoms with E-state index in [4.69, 9.17) is 9.84 Å². The smallest absolute Gasteiger partial charge is 0.313 e. The number of carbonyl (C=O) groups excluding carboxylic acids is 1. The first kappa shape index (κ1) is 14.7. The minimum Gasteiger partial charge on any atom is -0.481 e. The fourth-order valence-corrected chi connectivity index (χ4v) is 2.36. The van der Waals surface area contributed by atoms with Crippen molar-refractivity contribution in [1.29, 1.82) is 0 Å². The van der Waals surface area contributed by atoms with E-state index in [1.807, 2.05) is 0 Å². The van der Waals surface area contributed by atoms with Crippen LogP contribution in [-0.2, 0) is 20.9 Å². The number of ether oxygens (including phenoxy) is 1. The molecule has 1 N–H and O–H groups in total. The number of aliphatic carboxylic acids is 1. The molecule has 1 aromatic heterocycles. The Morgan fingerprint density at radius 1 is 1.35 bits per heavy atom. The van der Waals surface area contributed by atoms with Crippen LogP contribution in [0.1, 0.15) is 6.42 Å². The minimum absolute atomic E-state index is 0.0259. The molecule has 0 aromatic carbocycles. The van der Waals surface area contributed by atoms with Crippen LogP contribution in [0.4, 0.5) is 0 Å². The quantitative estimate of drug-likeness (QED) is 0.673. The van der Waals surface area contributed by atoms with Gasteiger partial charge in [-0.1, -0.05) is 11.8 Å². The lowest BCUT2D eigenvalue weighted by Crippen LogP contribution is -2.41. The zero-order valence-electron chi connectivity index (χ0n) is 10.8. The number of morpholine rings is 1. The van der Waals surface area contributed by atoms with Crippen LogP contribution in [0.5, 0.6) is 0 Å². The van der Waals surface area contributed by atoms with Crippen molar-refractivity contribution in [3.8, 4) is 0 Å². The van der Waals surface area contributed by atoms with Gasteiger partial charge in [0.15, 0.2) is 0 Å². The molecule has 0 unspecified atom stereocenters. The highest BCUT2D eigenvalue weighted by Crippen LogP contribution is 2.13. The first-order valence-electron chi connectivity index (χ1n) is 6.13. The second-order valence-corrected chi connectivity index (χ2v) is 5.05. The summed E-state index contributed by atoms with van der Waals surface area (Å²) in [6.07, 6.45) is 0.283. The number of carboxylic acid groups (broad SMARTS) is 1. The number of tetrazole rings is 1. The van der Waals surface area contributed by atoms with Crippen LogP contribution in [0.3, 0.4) is 0 Å². The minimum atomic E-state index is -0.936. The van der Waals surface area contributed by atoms with Gasteiger partial charge in [-0.25, -0.2) is 4.68 Å². The summed E-state index contributed by atoms with van der Waals surface area (Å²) >= 11 is 1.03. The molecule has 20 heavy (non-hydrogen) atoms. The molecule has 1 saturated heterocycles. The number of hydrogen-bond acceptors (Lipinski definition) is 7. The number of hydrogen-bond donors (Lipinski definition) is 1. The molecule has 0 aliphatic carbocycles. The van der Waals surface area contributed by atoms with Crippen LogP contribution in [-0.4, -0.2) is 74.1 Å². The highest BCUT2D eigenvalue weighted by Gasteiger charge is 2.17. The number of carboxylic acids is 1. The first-order valence-corrected chi connectivity index (χ1v) is 7.11. The van der Waals surface area contributed by atoms with E-state index in [9.17, 15) is 9.59 Å². The Labute approximate surface area is 119 Å². The Hall–Kier alpha value is -1.68. The van der Waals surface area contributed by atoms with Crippen molar-refractivity contribution < 1.29 is 19.4 Å². The Morgan fingerprint density at radius 3 is 2.80 bits per heavy atom. The van der Waals surface area contributed by atoms with Gasteiger partial charge in [0.05, 0.1) is 25.5 Å². The molecule has 0 saturated carbocycles. The molecule has 1 amide bonds. The maximum Gasteiger partial charge on any atom is 0.313 e. The van der Waals surface area contributed by atoms with E-state index in [0.29, 0.717) is 38.0 Å². The third kappa shape index (κ3) is 4.17. The van der Waals surface area contributed by atoms with E-state index in [0.717, 1.165) is 11.8 Å². The Morgan fingerprint density at radius 2 is 2.10 bits per heavy atom. The standard InChI is InChI=1S/C10H15N5O4S/c16-8(14-3-5-19-6-4-14)1-2-15-10(11-12-13-15)20-7-9(17)18/h1-7H2,(H,17,18). The summed E-state index contributed by atoms with van der Waals surface area (Å²) < 4.78 is 6.63. The van der Waals surface area contributed by atoms with Gasteiger partial charge in [-0.05, 0) is 10.4 Å². The van der Waals surface area contributed by atoms with Gasteiger partial charge in [-0.15, -0.1) is 5.10 Å². The number of rotatable bonds is 6. The molecule has 1 aliphatic rings. The van der Waals surface area contributed by atoms with E-state index in [1.165, 1.54) is 4.68 Å². The number of carbonyl (C=O) groups is 2.